The number of amides is 1. The molecule has 0 aliphatic carbocycles. The summed E-state index contributed by atoms with van der Waals surface area (Å²) in [5.74, 6) is -0.880. The number of phenolic OH excluding ortho intramolecular Hbond substituents is 1. The Morgan fingerprint density at radius 2 is 2.39 bits per heavy atom. The highest BCUT2D eigenvalue weighted by Crippen LogP contribution is 2.22. The van der Waals surface area contributed by atoms with Crippen LogP contribution in [0.2, 0.25) is 0 Å². The van der Waals surface area contributed by atoms with Gasteiger partial charge in [-0.2, -0.15) is 5.26 Å². The summed E-state index contributed by atoms with van der Waals surface area (Å²) in [4.78, 5) is 11.9. The molecule has 1 heterocycles. The lowest BCUT2D eigenvalue weighted by Crippen LogP contribution is -2.46. The fourth-order valence-corrected chi connectivity index (χ4v) is 2.02. The van der Waals surface area contributed by atoms with E-state index in [-0.39, 0.29) is 17.2 Å². The number of nitriles is 1. The fraction of sp³-hybridized carbons (Fsp3) is 0.273. The van der Waals surface area contributed by atoms with Crippen molar-refractivity contribution in [2.75, 3.05) is 6.54 Å². The molecule has 94 valence electrons. The van der Waals surface area contributed by atoms with Crippen molar-refractivity contribution in [2.24, 2.45) is 5.92 Å². The molecular formula is C11H11BrN4O2. The Hall–Kier alpha value is -1.62. The van der Waals surface area contributed by atoms with Crippen molar-refractivity contribution in [3.05, 3.63) is 28.2 Å². The van der Waals surface area contributed by atoms with E-state index in [1.807, 2.05) is 0 Å². The Morgan fingerprint density at radius 3 is 3.06 bits per heavy atom. The van der Waals surface area contributed by atoms with E-state index < -0.39 is 12.1 Å². The highest BCUT2D eigenvalue weighted by atomic mass is 79.9. The van der Waals surface area contributed by atoms with E-state index in [2.05, 4.69) is 38.2 Å². The van der Waals surface area contributed by atoms with Gasteiger partial charge < -0.3 is 10.4 Å². The number of hydrogen-bond donors (Lipinski definition) is 4. The molecule has 1 saturated heterocycles. The van der Waals surface area contributed by atoms with Gasteiger partial charge in [0.25, 0.3) is 5.91 Å². The maximum absolute atomic E-state index is 11.9. The number of benzene rings is 1. The molecule has 18 heavy (non-hydrogen) atoms. The van der Waals surface area contributed by atoms with Crippen molar-refractivity contribution in [1.29, 1.82) is 5.26 Å². The first-order chi connectivity index (χ1) is 8.61. The third-order valence-corrected chi connectivity index (χ3v) is 3.13. The molecule has 7 heteroatoms. The smallest absolute Gasteiger partial charge is 0.256 e. The lowest BCUT2D eigenvalue weighted by molar-refractivity contribution is 0.0924. The van der Waals surface area contributed by atoms with Gasteiger partial charge in [0.1, 0.15) is 11.9 Å². The average Bonchev–Trinajstić information content (AvgIpc) is 2.76. The standard InChI is InChI=1S/C11H11BrN4O2/c12-7-1-2-8(9(17)3-7)11(18)15-10-6(4-13)5-14-16-10/h1-3,6,10,14,16-17H,5H2,(H,15,18). The third kappa shape index (κ3) is 2.61. The summed E-state index contributed by atoms with van der Waals surface area (Å²) in [7, 11) is 0. The van der Waals surface area contributed by atoms with Gasteiger partial charge in [0, 0.05) is 11.0 Å². The van der Waals surface area contributed by atoms with Gasteiger partial charge in [-0.3, -0.25) is 10.2 Å². The minimum atomic E-state index is -0.467. The first-order valence-corrected chi connectivity index (χ1v) is 6.08. The lowest BCUT2D eigenvalue weighted by Gasteiger charge is -2.15. The van der Waals surface area contributed by atoms with Crippen LogP contribution in [-0.2, 0) is 0 Å². The van der Waals surface area contributed by atoms with Gasteiger partial charge in [-0.25, -0.2) is 5.43 Å². The Kier molecular flexibility index (Phi) is 3.81. The van der Waals surface area contributed by atoms with Gasteiger partial charge >= 0.3 is 0 Å². The first-order valence-electron chi connectivity index (χ1n) is 5.29. The molecule has 4 N–H and O–H groups in total. The SMILES string of the molecule is N#CC1CNNC1NC(=O)c1ccc(Br)cc1O. The first kappa shape index (κ1) is 12.8. The Balaban J connectivity index is 2.10. The predicted molar refractivity (Wildman–Crippen MR) is 67.3 cm³/mol. The molecular weight excluding hydrogens is 300 g/mol. The second kappa shape index (κ2) is 5.35. The normalized spacial score (nSPS) is 22.4. The average molecular weight is 311 g/mol. The number of nitrogens with zero attached hydrogens (tertiary/aromatic N) is 1. The summed E-state index contributed by atoms with van der Waals surface area (Å²) in [6.07, 6.45) is -0.467. The summed E-state index contributed by atoms with van der Waals surface area (Å²) in [6.45, 7) is 0.466. The van der Waals surface area contributed by atoms with E-state index in [4.69, 9.17) is 5.26 Å². The zero-order valence-electron chi connectivity index (χ0n) is 9.27. The molecule has 0 spiro atoms. The molecule has 1 aromatic carbocycles. The summed E-state index contributed by atoms with van der Waals surface area (Å²) in [5, 5.41) is 21.2. The molecule has 1 aliphatic heterocycles. The molecule has 0 radical (unpaired) electrons. The maximum atomic E-state index is 11.9. The Labute approximate surface area is 112 Å². The molecule has 2 atom stereocenters. The van der Waals surface area contributed by atoms with Crippen molar-refractivity contribution in [3.63, 3.8) is 0 Å². The summed E-state index contributed by atoms with van der Waals surface area (Å²) in [6, 6.07) is 6.70. The van der Waals surface area contributed by atoms with Crippen LogP contribution >= 0.6 is 15.9 Å². The molecule has 0 bridgehead atoms. The zero-order chi connectivity index (χ0) is 13.1. The van der Waals surface area contributed by atoms with Gasteiger partial charge in [-0.1, -0.05) is 15.9 Å². The molecule has 1 aliphatic rings. The van der Waals surface area contributed by atoms with Gasteiger partial charge in [0.2, 0.25) is 0 Å². The minimum Gasteiger partial charge on any atom is -0.507 e. The molecule has 1 fully saturated rings. The number of hydrazine groups is 1. The molecule has 1 amide bonds. The van der Waals surface area contributed by atoms with Crippen LogP contribution in [0.15, 0.2) is 22.7 Å². The van der Waals surface area contributed by atoms with Crippen LogP contribution in [0.25, 0.3) is 0 Å². The minimum absolute atomic E-state index is 0.110. The van der Waals surface area contributed by atoms with E-state index in [1.54, 1.807) is 6.07 Å². The molecule has 1 aromatic rings. The van der Waals surface area contributed by atoms with Crippen LogP contribution in [0.1, 0.15) is 10.4 Å². The molecule has 6 nitrogen and oxygen atoms in total. The largest absolute Gasteiger partial charge is 0.507 e. The van der Waals surface area contributed by atoms with E-state index in [1.165, 1.54) is 12.1 Å². The van der Waals surface area contributed by atoms with Crippen LogP contribution in [-0.4, -0.2) is 23.7 Å². The monoisotopic (exact) mass is 310 g/mol. The number of carbonyl (C=O) groups excluding carboxylic acids is 1. The van der Waals surface area contributed by atoms with Crippen molar-refractivity contribution < 1.29 is 9.90 Å². The summed E-state index contributed by atoms with van der Waals surface area (Å²) < 4.78 is 0.687. The van der Waals surface area contributed by atoms with Gasteiger partial charge in [0.15, 0.2) is 0 Å². The van der Waals surface area contributed by atoms with Gasteiger partial charge in [0.05, 0.1) is 17.6 Å². The van der Waals surface area contributed by atoms with Crippen molar-refractivity contribution in [3.8, 4) is 11.8 Å². The topological polar surface area (TPSA) is 97.2 Å². The number of halogens is 1. The lowest BCUT2D eigenvalue weighted by atomic mass is 10.1. The van der Waals surface area contributed by atoms with Gasteiger partial charge in [-0.15, -0.1) is 0 Å². The quantitative estimate of drug-likeness (QED) is 0.636. The summed E-state index contributed by atoms with van der Waals surface area (Å²) >= 11 is 3.20. The Bertz CT molecular complexity index is 514. The number of hydrogen-bond acceptors (Lipinski definition) is 5. The van der Waals surface area contributed by atoms with E-state index >= 15 is 0 Å². The third-order valence-electron chi connectivity index (χ3n) is 2.64. The van der Waals surface area contributed by atoms with Crippen molar-refractivity contribution in [1.82, 2.24) is 16.2 Å². The molecule has 0 aromatic heterocycles. The zero-order valence-corrected chi connectivity index (χ0v) is 10.9. The predicted octanol–water partition coefficient (Wildman–Crippen LogP) is 0.458. The number of aromatic hydroxyl groups is 1. The van der Waals surface area contributed by atoms with E-state index in [9.17, 15) is 9.90 Å². The molecule has 0 saturated carbocycles. The fourth-order valence-electron chi connectivity index (χ4n) is 1.67. The van der Waals surface area contributed by atoms with Crippen molar-refractivity contribution in [2.45, 2.75) is 6.17 Å². The number of nitrogens with one attached hydrogen (secondary N) is 3. The van der Waals surface area contributed by atoms with E-state index in [0.29, 0.717) is 11.0 Å². The highest BCUT2D eigenvalue weighted by molar-refractivity contribution is 9.10. The second-order valence-electron chi connectivity index (χ2n) is 3.87. The summed E-state index contributed by atoms with van der Waals surface area (Å²) in [5.41, 5.74) is 5.76. The second-order valence-corrected chi connectivity index (χ2v) is 4.79. The van der Waals surface area contributed by atoms with Crippen LogP contribution < -0.4 is 16.2 Å². The van der Waals surface area contributed by atoms with Crippen LogP contribution in [0.5, 0.6) is 5.75 Å². The Morgan fingerprint density at radius 1 is 1.61 bits per heavy atom. The molecule has 2 rings (SSSR count). The highest BCUT2D eigenvalue weighted by Gasteiger charge is 2.28. The number of carbonyl (C=O) groups is 1. The van der Waals surface area contributed by atoms with Gasteiger partial charge in [-0.05, 0) is 18.2 Å². The van der Waals surface area contributed by atoms with Crippen LogP contribution in [0, 0.1) is 17.2 Å². The van der Waals surface area contributed by atoms with Crippen LogP contribution in [0.3, 0.4) is 0 Å². The van der Waals surface area contributed by atoms with Crippen LogP contribution in [0.4, 0.5) is 0 Å². The van der Waals surface area contributed by atoms with Crippen molar-refractivity contribution >= 4 is 21.8 Å². The van der Waals surface area contributed by atoms with E-state index in [0.717, 1.165) is 0 Å². The number of rotatable bonds is 2. The number of phenols is 1. The molecule has 2 unspecified atom stereocenters. The maximum Gasteiger partial charge on any atom is 0.256 e.